The van der Waals surface area contributed by atoms with Crippen molar-refractivity contribution in [1.82, 2.24) is 0 Å². The van der Waals surface area contributed by atoms with Crippen molar-refractivity contribution in [3.05, 3.63) is 0 Å². The highest BCUT2D eigenvalue weighted by atomic mass is 16.3. The zero-order valence-electron chi connectivity index (χ0n) is 11.5. The van der Waals surface area contributed by atoms with Crippen LogP contribution in [-0.2, 0) is 0 Å². The largest absolute Gasteiger partial charge is 0.393 e. The minimum Gasteiger partial charge on any atom is -0.393 e. The lowest BCUT2D eigenvalue weighted by Crippen LogP contribution is -2.54. The Balaban J connectivity index is 1.92. The summed E-state index contributed by atoms with van der Waals surface area (Å²) in [7, 11) is 0. The molecule has 7 atom stereocenters. The topological polar surface area (TPSA) is 40.5 Å². The number of hydrogen-bond acceptors (Lipinski definition) is 2. The molecule has 3 saturated carbocycles. The van der Waals surface area contributed by atoms with Crippen LogP contribution in [0.1, 0.15) is 47.0 Å². The Labute approximate surface area is 104 Å². The fourth-order valence-corrected chi connectivity index (χ4v) is 5.57. The first-order chi connectivity index (χ1) is 7.79. The molecule has 3 fully saturated rings. The second-order valence-corrected chi connectivity index (χ2v) is 7.66. The molecule has 0 aliphatic heterocycles. The molecule has 0 aromatic heterocycles. The van der Waals surface area contributed by atoms with Crippen LogP contribution in [0.4, 0.5) is 0 Å². The van der Waals surface area contributed by atoms with Gasteiger partial charge in [-0.05, 0) is 61.2 Å². The number of aliphatic hydroxyl groups is 2. The van der Waals surface area contributed by atoms with Crippen molar-refractivity contribution in [2.75, 3.05) is 0 Å². The van der Waals surface area contributed by atoms with Crippen molar-refractivity contribution in [3.63, 3.8) is 0 Å². The SMILES string of the molecule is CC(C)[C@@H]1[C@@H]2C[C@@]3(C)[C@H](O)CC[C@@](C)(O)[C@@H]3[C@H]21. The highest BCUT2D eigenvalue weighted by Gasteiger charge is 2.72. The molecule has 0 aromatic carbocycles. The van der Waals surface area contributed by atoms with E-state index < -0.39 is 5.60 Å². The van der Waals surface area contributed by atoms with Crippen LogP contribution in [0, 0.1) is 35.0 Å². The van der Waals surface area contributed by atoms with E-state index >= 15 is 0 Å². The van der Waals surface area contributed by atoms with Crippen LogP contribution in [-0.4, -0.2) is 21.9 Å². The Bertz CT molecular complexity index is 336. The highest BCUT2D eigenvalue weighted by molar-refractivity contribution is 5.20. The van der Waals surface area contributed by atoms with E-state index in [2.05, 4.69) is 20.8 Å². The van der Waals surface area contributed by atoms with Crippen molar-refractivity contribution in [2.24, 2.45) is 35.0 Å². The van der Waals surface area contributed by atoms with Gasteiger partial charge in [-0.3, -0.25) is 0 Å². The summed E-state index contributed by atoms with van der Waals surface area (Å²) in [5.74, 6) is 3.28. The van der Waals surface area contributed by atoms with E-state index in [1.807, 2.05) is 6.92 Å². The van der Waals surface area contributed by atoms with Crippen LogP contribution >= 0.6 is 0 Å². The Morgan fingerprint density at radius 1 is 1.24 bits per heavy atom. The molecule has 98 valence electrons. The summed E-state index contributed by atoms with van der Waals surface area (Å²) >= 11 is 0. The summed E-state index contributed by atoms with van der Waals surface area (Å²) in [6.07, 6.45) is 2.46. The fourth-order valence-electron chi connectivity index (χ4n) is 5.57. The summed E-state index contributed by atoms with van der Waals surface area (Å²) < 4.78 is 0. The van der Waals surface area contributed by atoms with Gasteiger partial charge >= 0.3 is 0 Å². The van der Waals surface area contributed by atoms with Crippen molar-refractivity contribution in [2.45, 2.75) is 58.7 Å². The molecule has 2 nitrogen and oxygen atoms in total. The first kappa shape index (κ1) is 12.0. The zero-order chi connectivity index (χ0) is 12.6. The second kappa shape index (κ2) is 3.27. The van der Waals surface area contributed by atoms with Crippen molar-refractivity contribution in [3.8, 4) is 0 Å². The van der Waals surface area contributed by atoms with Gasteiger partial charge in [-0.2, -0.15) is 0 Å². The van der Waals surface area contributed by atoms with E-state index in [9.17, 15) is 10.2 Å². The van der Waals surface area contributed by atoms with Crippen LogP contribution < -0.4 is 0 Å². The highest BCUT2D eigenvalue weighted by Crippen LogP contribution is 2.73. The summed E-state index contributed by atoms with van der Waals surface area (Å²) in [6, 6.07) is 0. The van der Waals surface area contributed by atoms with Gasteiger partial charge in [-0.15, -0.1) is 0 Å². The molecule has 0 unspecified atom stereocenters. The minimum absolute atomic E-state index is 0.0253. The molecule has 0 aromatic rings. The fraction of sp³-hybridized carbons (Fsp3) is 1.00. The van der Waals surface area contributed by atoms with Crippen molar-refractivity contribution < 1.29 is 10.2 Å². The van der Waals surface area contributed by atoms with Crippen LogP contribution in [0.2, 0.25) is 0 Å². The molecule has 3 rings (SSSR count). The zero-order valence-corrected chi connectivity index (χ0v) is 11.5. The van der Waals surface area contributed by atoms with Crippen molar-refractivity contribution >= 4 is 0 Å². The second-order valence-electron chi connectivity index (χ2n) is 7.66. The lowest BCUT2D eigenvalue weighted by Gasteiger charge is -2.51. The first-order valence-corrected chi connectivity index (χ1v) is 7.19. The lowest BCUT2D eigenvalue weighted by atomic mass is 9.58. The van der Waals surface area contributed by atoms with E-state index in [1.165, 1.54) is 0 Å². The maximum atomic E-state index is 10.7. The third-order valence-corrected chi connectivity index (χ3v) is 6.19. The Hall–Kier alpha value is -0.0800. The molecule has 2 heteroatoms. The summed E-state index contributed by atoms with van der Waals surface area (Å²) in [4.78, 5) is 0. The molecular weight excluding hydrogens is 212 g/mol. The Morgan fingerprint density at radius 3 is 2.47 bits per heavy atom. The maximum Gasteiger partial charge on any atom is 0.0657 e. The van der Waals surface area contributed by atoms with E-state index in [4.69, 9.17) is 0 Å². The maximum absolute atomic E-state index is 10.7. The van der Waals surface area contributed by atoms with E-state index in [0.717, 1.165) is 37.0 Å². The van der Waals surface area contributed by atoms with Crippen LogP contribution in [0.15, 0.2) is 0 Å². The van der Waals surface area contributed by atoms with Gasteiger partial charge < -0.3 is 10.2 Å². The normalized spacial score (nSPS) is 61.2. The lowest BCUT2D eigenvalue weighted by molar-refractivity contribution is -0.150. The number of aliphatic hydroxyl groups excluding tert-OH is 1. The molecular formula is C15H26O2. The smallest absolute Gasteiger partial charge is 0.0657 e. The molecule has 2 N–H and O–H groups in total. The van der Waals surface area contributed by atoms with Gasteiger partial charge in [0.25, 0.3) is 0 Å². The number of fused-ring (bicyclic) bond motifs is 3. The third-order valence-electron chi connectivity index (χ3n) is 6.19. The molecule has 0 radical (unpaired) electrons. The molecule has 0 spiro atoms. The average Bonchev–Trinajstić information content (AvgIpc) is 2.77. The van der Waals surface area contributed by atoms with Crippen LogP contribution in [0.25, 0.3) is 0 Å². The molecule has 0 amide bonds. The van der Waals surface area contributed by atoms with Gasteiger partial charge in [-0.1, -0.05) is 20.8 Å². The third kappa shape index (κ3) is 1.40. The molecule has 3 aliphatic carbocycles. The number of hydrogen-bond donors (Lipinski definition) is 2. The average molecular weight is 238 g/mol. The summed E-state index contributed by atoms with van der Waals surface area (Å²) in [6.45, 7) is 8.81. The minimum atomic E-state index is -0.558. The molecule has 17 heavy (non-hydrogen) atoms. The standard InChI is InChI=1S/C15H26O2/c1-8(2)11-9-7-14(3)10(16)5-6-15(4,17)13(14)12(9)11/h8-13,16-17H,5-7H2,1-4H3/t9-,10+,11+,12+,13+,14-,15+/m0/s1. The van der Waals surface area contributed by atoms with Gasteiger partial charge in [-0.25, -0.2) is 0 Å². The summed E-state index contributed by atoms with van der Waals surface area (Å²) in [5, 5.41) is 21.0. The summed E-state index contributed by atoms with van der Waals surface area (Å²) in [5.41, 5.74) is -0.584. The van der Waals surface area contributed by atoms with E-state index in [-0.39, 0.29) is 11.5 Å². The van der Waals surface area contributed by atoms with Gasteiger partial charge in [0, 0.05) is 0 Å². The van der Waals surface area contributed by atoms with Gasteiger partial charge in [0.2, 0.25) is 0 Å². The predicted octanol–water partition coefficient (Wildman–Crippen LogP) is 2.44. The molecule has 0 heterocycles. The quantitative estimate of drug-likeness (QED) is 0.736. The van der Waals surface area contributed by atoms with Gasteiger partial charge in [0.15, 0.2) is 0 Å². The van der Waals surface area contributed by atoms with Gasteiger partial charge in [0.05, 0.1) is 11.7 Å². The van der Waals surface area contributed by atoms with Crippen LogP contribution in [0.5, 0.6) is 0 Å². The molecule has 0 saturated heterocycles. The number of rotatable bonds is 1. The Kier molecular flexibility index (Phi) is 2.30. The predicted molar refractivity (Wildman–Crippen MR) is 67.4 cm³/mol. The van der Waals surface area contributed by atoms with Gasteiger partial charge in [0.1, 0.15) is 0 Å². The molecule has 3 aliphatic rings. The van der Waals surface area contributed by atoms with E-state index in [0.29, 0.717) is 11.8 Å². The Morgan fingerprint density at radius 2 is 1.88 bits per heavy atom. The van der Waals surface area contributed by atoms with Crippen molar-refractivity contribution in [1.29, 1.82) is 0 Å². The first-order valence-electron chi connectivity index (χ1n) is 7.19. The molecule has 0 bridgehead atoms. The van der Waals surface area contributed by atoms with E-state index in [1.54, 1.807) is 0 Å². The monoisotopic (exact) mass is 238 g/mol. The van der Waals surface area contributed by atoms with Crippen LogP contribution in [0.3, 0.4) is 0 Å².